The van der Waals surface area contributed by atoms with Crippen LogP contribution >= 0.6 is 0 Å². The van der Waals surface area contributed by atoms with Gasteiger partial charge in [0.25, 0.3) is 0 Å². The van der Waals surface area contributed by atoms with Crippen LogP contribution < -0.4 is 10.6 Å². The zero-order chi connectivity index (χ0) is 8.23. The van der Waals surface area contributed by atoms with Gasteiger partial charge in [0.1, 0.15) is 6.04 Å². The van der Waals surface area contributed by atoms with Crippen molar-refractivity contribution in [3.63, 3.8) is 0 Å². The van der Waals surface area contributed by atoms with Crippen molar-refractivity contribution in [2.45, 2.75) is 6.04 Å². The predicted octanol–water partition coefficient (Wildman–Crippen LogP) is 1.23. The summed E-state index contributed by atoms with van der Waals surface area (Å²) in [5, 5.41) is 6.43. The average Bonchev–Trinajstić information content (AvgIpc) is 2.21. The van der Waals surface area contributed by atoms with Gasteiger partial charge in [-0.05, 0) is 24.6 Å². The van der Waals surface area contributed by atoms with Gasteiger partial charge in [-0.25, -0.2) is 0 Å². The molecule has 12 heavy (non-hydrogen) atoms. The molecule has 0 aromatic heterocycles. The van der Waals surface area contributed by atoms with Gasteiger partial charge in [-0.3, -0.25) is 0 Å². The molecule has 0 fully saturated rings. The van der Waals surface area contributed by atoms with Crippen molar-refractivity contribution in [3.05, 3.63) is 54.9 Å². The third kappa shape index (κ3) is 1.42. The van der Waals surface area contributed by atoms with Gasteiger partial charge in [-0.1, -0.05) is 24.3 Å². The van der Waals surface area contributed by atoms with E-state index in [1.54, 1.807) is 0 Å². The highest BCUT2D eigenvalue weighted by Gasteiger charge is 2.16. The van der Waals surface area contributed by atoms with E-state index in [1.807, 2.05) is 36.7 Å². The first-order chi connectivity index (χ1) is 5.97. The molecule has 1 atom stereocenters. The highest BCUT2D eigenvalue weighted by molar-refractivity contribution is 5.31. The van der Waals surface area contributed by atoms with Crippen LogP contribution in [0.4, 0.5) is 0 Å². The molecule has 0 saturated heterocycles. The van der Waals surface area contributed by atoms with Gasteiger partial charge in [-0.15, -0.1) is 0 Å². The maximum absolute atomic E-state index is 3.24. The minimum Gasteiger partial charge on any atom is -0.382 e. The van der Waals surface area contributed by atoms with E-state index in [0.29, 0.717) is 0 Å². The van der Waals surface area contributed by atoms with Crippen LogP contribution in [0, 0.1) is 6.04 Å². The molecule has 2 heteroatoms. The zero-order valence-corrected chi connectivity index (χ0v) is 6.70. The monoisotopic (exact) mass is 159 g/mol. The molecule has 2 heterocycles. The zero-order valence-electron chi connectivity index (χ0n) is 6.70. The second-order valence-electron chi connectivity index (χ2n) is 2.71. The van der Waals surface area contributed by atoms with Crippen LogP contribution in [0.3, 0.4) is 0 Å². The first kappa shape index (κ1) is 7.22. The first-order valence-electron chi connectivity index (χ1n) is 4.03. The van der Waals surface area contributed by atoms with Crippen LogP contribution in [0.1, 0.15) is 0 Å². The lowest BCUT2D eigenvalue weighted by Crippen LogP contribution is -2.36. The molecule has 1 unspecified atom stereocenters. The lowest BCUT2D eigenvalue weighted by molar-refractivity contribution is 0.670. The fourth-order valence-electron chi connectivity index (χ4n) is 1.24. The Balaban J connectivity index is 2.01. The number of allylic oxidation sites excluding steroid dienone is 4. The van der Waals surface area contributed by atoms with Crippen molar-refractivity contribution < 1.29 is 0 Å². The smallest absolute Gasteiger partial charge is 0.109 e. The van der Waals surface area contributed by atoms with E-state index in [-0.39, 0.29) is 6.04 Å². The minimum absolute atomic E-state index is 0.288. The number of hydrogen-bond donors (Lipinski definition) is 2. The van der Waals surface area contributed by atoms with Gasteiger partial charge in [0, 0.05) is 0 Å². The van der Waals surface area contributed by atoms with Crippen LogP contribution in [0.25, 0.3) is 0 Å². The fourth-order valence-corrected chi connectivity index (χ4v) is 1.24. The maximum Gasteiger partial charge on any atom is 0.109 e. The molecule has 2 N–H and O–H groups in total. The van der Waals surface area contributed by atoms with E-state index >= 15 is 0 Å². The Morgan fingerprint density at radius 2 is 1.92 bits per heavy atom. The Morgan fingerprint density at radius 1 is 1.00 bits per heavy atom. The van der Waals surface area contributed by atoms with E-state index in [2.05, 4.69) is 22.8 Å². The average molecular weight is 159 g/mol. The Morgan fingerprint density at radius 3 is 2.58 bits per heavy atom. The summed E-state index contributed by atoms with van der Waals surface area (Å²) in [5.74, 6) is 0. The SMILES string of the molecule is C1=CN[C](C2C=CC=CN2)C=C1. The summed E-state index contributed by atoms with van der Waals surface area (Å²) >= 11 is 0. The Bertz CT molecular complexity index is 233. The lowest BCUT2D eigenvalue weighted by Gasteiger charge is -2.24. The van der Waals surface area contributed by atoms with Gasteiger partial charge in [0.05, 0.1) is 6.04 Å². The molecule has 2 aliphatic heterocycles. The van der Waals surface area contributed by atoms with Gasteiger partial charge in [-0.2, -0.15) is 0 Å². The molecule has 61 valence electrons. The molecule has 0 aromatic carbocycles. The van der Waals surface area contributed by atoms with Crippen LogP contribution in [0.15, 0.2) is 48.9 Å². The molecule has 0 amide bonds. The lowest BCUT2D eigenvalue weighted by atomic mass is 10.0. The van der Waals surface area contributed by atoms with E-state index in [9.17, 15) is 0 Å². The molecule has 0 aromatic rings. The molecule has 2 aliphatic rings. The molecule has 2 nitrogen and oxygen atoms in total. The molecular formula is C10H11N2. The predicted molar refractivity (Wildman–Crippen MR) is 49.9 cm³/mol. The Labute approximate surface area is 72.4 Å². The Hall–Kier alpha value is -1.44. The third-order valence-electron chi connectivity index (χ3n) is 1.85. The summed E-state index contributed by atoms with van der Waals surface area (Å²) in [4.78, 5) is 0. The molecule has 0 bridgehead atoms. The molecular weight excluding hydrogens is 148 g/mol. The van der Waals surface area contributed by atoms with Gasteiger partial charge < -0.3 is 10.6 Å². The van der Waals surface area contributed by atoms with Crippen molar-refractivity contribution in [2.24, 2.45) is 0 Å². The van der Waals surface area contributed by atoms with E-state index in [4.69, 9.17) is 0 Å². The summed E-state index contributed by atoms with van der Waals surface area (Å²) in [6, 6.07) is 1.47. The summed E-state index contributed by atoms with van der Waals surface area (Å²) in [5.41, 5.74) is 0. The fraction of sp³-hybridized carbons (Fsp3) is 0.100. The second kappa shape index (κ2) is 3.30. The first-order valence-corrected chi connectivity index (χ1v) is 4.03. The van der Waals surface area contributed by atoms with Gasteiger partial charge in [0.2, 0.25) is 0 Å². The van der Waals surface area contributed by atoms with Crippen LogP contribution in [0.5, 0.6) is 0 Å². The summed E-state index contributed by atoms with van der Waals surface area (Å²) in [7, 11) is 0. The van der Waals surface area contributed by atoms with Crippen molar-refractivity contribution in [1.29, 1.82) is 0 Å². The quantitative estimate of drug-likeness (QED) is 0.601. The second-order valence-corrected chi connectivity index (χ2v) is 2.71. The largest absolute Gasteiger partial charge is 0.382 e. The molecule has 0 spiro atoms. The normalized spacial score (nSPS) is 26.8. The molecule has 0 aliphatic carbocycles. The van der Waals surface area contributed by atoms with Gasteiger partial charge in [0.15, 0.2) is 0 Å². The maximum atomic E-state index is 3.24. The minimum atomic E-state index is 0.288. The summed E-state index contributed by atoms with van der Waals surface area (Å²) in [6.45, 7) is 0. The molecule has 1 radical (unpaired) electrons. The topological polar surface area (TPSA) is 24.1 Å². The van der Waals surface area contributed by atoms with Crippen LogP contribution in [-0.4, -0.2) is 6.04 Å². The van der Waals surface area contributed by atoms with E-state index < -0.39 is 0 Å². The Kier molecular flexibility index (Phi) is 1.99. The molecule has 2 rings (SSSR count). The van der Waals surface area contributed by atoms with Gasteiger partial charge >= 0.3 is 0 Å². The number of nitrogens with one attached hydrogen (secondary N) is 2. The summed E-state index contributed by atoms with van der Waals surface area (Å²) < 4.78 is 0. The van der Waals surface area contributed by atoms with E-state index in [1.165, 1.54) is 6.04 Å². The van der Waals surface area contributed by atoms with E-state index in [0.717, 1.165) is 0 Å². The van der Waals surface area contributed by atoms with Crippen molar-refractivity contribution in [2.75, 3.05) is 0 Å². The number of rotatable bonds is 1. The third-order valence-corrected chi connectivity index (χ3v) is 1.85. The molecule has 0 saturated carbocycles. The van der Waals surface area contributed by atoms with Crippen LogP contribution in [-0.2, 0) is 0 Å². The standard InChI is InChI=1S/C10H11N2/c1-3-7-11-9(5-1)10-6-2-4-8-12-10/h1-9,11-12H. The van der Waals surface area contributed by atoms with Crippen molar-refractivity contribution in [1.82, 2.24) is 10.6 Å². The number of hydrogen-bond acceptors (Lipinski definition) is 2. The van der Waals surface area contributed by atoms with Crippen molar-refractivity contribution in [3.8, 4) is 0 Å². The number of dihydropyridines is 2. The highest BCUT2D eigenvalue weighted by Crippen LogP contribution is 2.11. The summed E-state index contributed by atoms with van der Waals surface area (Å²) in [6.07, 6.45) is 16.1. The highest BCUT2D eigenvalue weighted by atomic mass is 15.0. The van der Waals surface area contributed by atoms with Crippen LogP contribution in [0.2, 0.25) is 0 Å². The van der Waals surface area contributed by atoms with Crippen molar-refractivity contribution >= 4 is 0 Å².